The van der Waals surface area contributed by atoms with Gasteiger partial charge >= 0.3 is 0 Å². The van der Waals surface area contributed by atoms with Gasteiger partial charge in [0.05, 0.1) is 9.95 Å². The summed E-state index contributed by atoms with van der Waals surface area (Å²) in [6, 6.07) is 9.65. The number of nitro groups is 1. The third-order valence-electron chi connectivity index (χ3n) is 1.98. The number of nitrogens with zero attached hydrogens (tertiary/aromatic N) is 2. The SMILES string of the molecule is O=[N+]([O-])c1ccc(Oc2ccccc2Cl)nc1. The van der Waals surface area contributed by atoms with Crippen molar-refractivity contribution >= 4 is 17.3 Å². The first-order valence-corrected chi connectivity index (χ1v) is 5.07. The van der Waals surface area contributed by atoms with Gasteiger partial charge < -0.3 is 4.74 Å². The van der Waals surface area contributed by atoms with Gasteiger partial charge in [0.1, 0.15) is 11.9 Å². The molecule has 0 radical (unpaired) electrons. The van der Waals surface area contributed by atoms with E-state index in [1.807, 2.05) is 0 Å². The molecule has 0 saturated carbocycles. The molecule has 0 amide bonds. The number of para-hydroxylation sites is 1. The van der Waals surface area contributed by atoms with E-state index < -0.39 is 4.92 Å². The van der Waals surface area contributed by atoms with Crippen LogP contribution in [0.3, 0.4) is 0 Å². The van der Waals surface area contributed by atoms with Crippen LogP contribution in [0.1, 0.15) is 0 Å². The molecule has 0 spiro atoms. The largest absolute Gasteiger partial charge is 0.437 e. The Hall–Kier alpha value is -2.14. The highest BCUT2D eigenvalue weighted by Crippen LogP contribution is 2.28. The summed E-state index contributed by atoms with van der Waals surface area (Å²) < 4.78 is 5.38. The van der Waals surface area contributed by atoms with Crippen LogP contribution in [-0.4, -0.2) is 9.91 Å². The van der Waals surface area contributed by atoms with E-state index in [1.165, 1.54) is 12.1 Å². The van der Waals surface area contributed by atoms with Crippen molar-refractivity contribution in [3.05, 3.63) is 57.7 Å². The fourth-order valence-corrected chi connectivity index (χ4v) is 1.36. The Balaban J connectivity index is 2.20. The van der Waals surface area contributed by atoms with Gasteiger partial charge in [-0.2, -0.15) is 0 Å². The van der Waals surface area contributed by atoms with E-state index in [0.717, 1.165) is 6.20 Å². The normalized spacial score (nSPS) is 9.94. The second-order valence-corrected chi connectivity index (χ2v) is 3.55. The summed E-state index contributed by atoms with van der Waals surface area (Å²) in [5.74, 6) is 0.708. The molecule has 0 aliphatic rings. The molecule has 1 aromatic carbocycles. The molecule has 5 nitrogen and oxygen atoms in total. The average Bonchev–Trinajstić information content (AvgIpc) is 2.33. The number of ether oxygens (including phenoxy) is 1. The molecule has 86 valence electrons. The molecule has 17 heavy (non-hydrogen) atoms. The van der Waals surface area contributed by atoms with Crippen LogP contribution in [0.2, 0.25) is 5.02 Å². The van der Waals surface area contributed by atoms with E-state index in [1.54, 1.807) is 24.3 Å². The summed E-state index contributed by atoms with van der Waals surface area (Å²) in [5, 5.41) is 10.9. The number of hydrogen-bond acceptors (Lipinski definition) is 4. The van der Waals surface area contributed by atoms with Crippen molar-refractivity contribution in [2.45, 2.75) is 0 Å². The van der Waals surface area contributed by atoms with Crippen molar-refractivity contribution in [1.82, 2.24) is 4.98 Å². The first-order chi connectivity index (χ1) is 8.16. The lowest BCUT2D eigenvalue weighted by Gasteiger charge is -2.05. The Morgan fingerprint density at radius 3 is 2.59 bits per heavy atom. The van der Waals surface area contributed by atoms with E-state index in [-0.39, 0.29) is 11.6 Å². The maximum Gasteiger partial charge on any atom is 0.287 e. The first kappa shape index (κ1) is 11.3. The lowest BCUT2D eigenvalue weighted by Crippen LogP contribution is -1.91. The van der Waals surface area contributed by atoms with Gasteiger partial charge in [-0.15, -0.1) is 0 Å². The fourth-order valence-electron chi connectivity index (χ4n) is 1.18. The van der Waals surface area contributed by atoms with E-state index in [4.69, 9.17) is 16.3 Å². The zero-order valence-corrected chi connectivity index (χ0v) is 9.29. The molecule has 0 N–H and O–H groups in total. The molecule has 6 heteroatoms. The maximum atomic E-state index is 10.4. The zero-order chi connectivity index (χ0) is 12.3. The number of aromatic nitrogens is 1. The number of rotatable bonds is 3. The first-order valence-electron chi connectivity index (χ1n) is 4.69. The summed E-state index contributed by atoms with van der Waals surface area (Å²) in [7, 11) is 0. The van der Waals surface area contributed by atoms with Gasteiger partial charge in [-0.25, -0.2) is 4.98 Å². The van der Waals surface area contributed by atoms with Crippen LogP contribution in [0.25, 0.3) is 0 Å². The standard InChI is InChI=1S/C11H7ClN2O3/c12-9-3-1-2-4-10(9)17-11-6-5-8(7-13-11)14(15)16/h1-7H. The molecular formula is C11H7ClN2O3. The molecular weight excluding hydrogens is 244 g/mol. The number of pyridine rings is 1. The van der Waals surface area contributed by atoms with E-state index in [0.29, 0.717) is 10.8 Å². The van der Waals surface area contributed by atoms with E-state index in [9.17, 15) is 10.1 Å². The molecule has 0 bridgehead atoms. The Morgan fingerprint density at radius 1 is 1.24 bits per heavy atom. The fraction of sp³-hybridized carbons (Fsp3) is 0. The number of hydrogen-bond donors (Lipinski definition) is 0. The Bertz CT molecular complexity index is 543. The average molecular weight is 251 g/mol. The second kappa shape index (κ2) is 4.80. The minimum Gasteiger partial charge on any atom is -0.437 e. The minimum absolute atomic E-state index is 0.0866. The summed E-state index contributed by atoms with van der Waals surface area (Å²) >= 11 is 5.89. The Labute approximate surface area is 102 Å². The monoisotopic (exact) mass is 250 g/mol. The van der Waals surface area contributed by atoms with Crippen LogP contribution in [0.15, 0.2) is 42.6 Å². The van der Waals surface area contributed by atoms with Gasteiger partial charge in [0.25, 0.3) is 5.69 Å². The Kier molecular flexibility index (Phi) is 3.20. The van der Waals surface area contributed by atoms with Crippen LogP contribution in [0.4, 0.5) is 5.69 Å². The molecule has 0 unspecified atom stereocenters. The molecule has 1 heterocycles. The van der Waals surface area contributed by atoms with Crippen molar-refractivity contribution in [3.63, 3.8) is 0 Å². The maximum absolute atomic E-state index is 10.4. The molecule has 0 atom stereocenters. The van der Waals surface area contributed by atoms with E-state index >= 15 is 0 Å². The van der Waals surface area contributed by atoms with Gasteiger partial charge in [0, 0.05) is 12.1 Å². The smallest absolute Gasteiger partial charge is 0.287 e. The van der Waals surface area contributed by atoms with Crippen molar-refractivity contribution in [3.8, 4) is 11.6 Å². The van der Waals surface area contributed by atoms with Gasteiger partial charge in [-0.3, -0.25) is 10.1 Å². The number of halogens is 1. The van der Waals surface area contributed by atoms with Crippen LogP contribution in [0, 0.1) is 10.1 Å². The zero-order valence-electron chi connectivity index (χ0n) is 8.54. The highest BCUT2D eigenvalue weighted by atomic mass is 35.5. The highest BCUT2D eigenvalue weighted by Gasteiger charge is 2.07. The lowest BCUT2D eigenvalue weighted by atomic mass is 10.3. The topological polar surface area (TPSA) is 65.3 Å². The molecule has 1 aromatic heterocycles. The summed E-state index contributed by atoms with van der Waals surface area (Å²) in [4.78, 5) is 13.7. The molecule has 2 rings (SSSR count). The summed E-state index contributed by atoms with van der Waals surface area (Å²) in [6.07, 6.45) is 1.13. The van der Waals surface area contributed by atoms with Gasteiger partial charge in [0.15, 0.2) is 0 Å². The van der Waals surface area contributed by atoms with Crippen LogP contribution in [0.5, 0.6) is 11.6 Å². The van der Waals surface area contributed by atoms with Crippen LogP contribution >= 0.6 is 11.6 Å². The molecule has 0 saturated heterocycles. The lowest BCUT2D eigenvalue weighted by molar-refractivity contribution is -0.385. The third-order valence-corrected chi connectivity index (χ3v) is 2.29. The van der Waals surface area contributed by atoms with Gasteiger partial charge in [0.2, 0.25) is 5.88 Å². The molecule has 2 aromatic rings. The van der Waals surface area contributed by atoms with Crippen molar-refractivity contribution in [2.75, 3.05) is 0 Å². The van der Waals surface area contributed by atoms with Crippen molar-refractivity contribution in [1.29, 1.82) is 0 Å². The van der Waals surface area contributed by atoms with E-state index in [2.05, 4.69) is 4.98 Å². The van der Waals surface area contributed by atoms with Crippen molar-refractivity contribution in [2.24, 2.45) is 0 Å². The van der Waals surface area contributed by atoms with Crippen LogP contribution < -0.4 is 4.74 Å². The third kappa shape index (κ3) is 2.70. The summed E-state index contributed by atoms with van der Waals surface area (Å²) in [6.45, 7) is 0. The van der Waals surface area contributed by atoms with Gasteiger partial charge in [-0.1, -0.05) is 23.7 Å². The molecule has 0 aliphatic carbocycles. The quantitative estimate of drug-likeness (QED) is 0.618. The molecule has 0 aliphatic heterocycles. The van der Waals surface area contributed by atoms with Crippen LogP contribution in [-0.2, 0) is 0 Å². The van der Waals surface area contributed by atoms with Gasteiger partial charge in [-0.05, 0) is 12.1 Å². The predicted octanol–water partition coefficient (Wildman–Crippen LogP) is 3.44. The summed E-state index contributed by atoms with van der Waals surface area (Å²) in [5.41, 5.74) is -0.0866. The molecule has 0 fully saturated rings. The Morgan fingerprint density at radius 2 is 2.00 bits per heavy atom. The van der Waals surface area contributed by atoms with Crippen molar-refractivity contribution < 1.29 is 9.66 Å². The highest BCUT2D eigenvalue weighted by molar-refractivity contribution is 6.32. The minimum atomic E-state index is -0.522. The predicted molar refractivity (Wildman–Crippen MR) is 62.4 cm³/mol. The number of benzene rings is 1. The second-order valence-electron chi connectivity index (χ2n) is 3.14.